The summed E-state index contributed by atoms with van der Waals surface area (Å²) in [5.41, 5.74) is -1.03. The van der Waals surface area contributed by atoms with E-state index in [4.69, 9.17) is 23.2 Å². The second-order valence-corrected chi connectivity index (χ2v) is 7.50. The molecule has 11 heteroatoms. The fraction of sp³-hybridized carbons (Fsp3) is 0.222. The number of nitrogens with one attached hydrogen (secondary N) is 2. The fourth-order valence-corrected chi connectivity index (χ4v) is 3.61. The predicted octanol–water partition coefficient (Wildman–Crippen LogP) is 1.63. The van der Waals surface area contributed by atoms with Gasteiger partial charge in [-0.3, -0.25) is 19.4 Å². The molecule has 1 saturated carbocycles. The number of aromatic nitrogens is 5. The molecule has 1 aliphatic carbocycles. The van der Waals surface area contributed by atoms with E-state index in [2.05, 4.69) is 20.3 Å². The summed E-state index contributed by atoms with van der Waals surface area (Å²) in [6.07, 6.45) is 1.77. The zero-order valence-corrected chi connectivity index (χ0v) is 16.5. The number of carbonyl (C=O) groups excluding carboxylic acids is 1. The molecule has 0 bridgehead atoms. The quantitative estimate of drug-likeness (QED) is 0.601. The van der Waals surface area contributed by atoms with Gasteiger partial charge in [-0.05, 0) is 37.0 Å². The lowest BCUT2D eigenvalue weighted by molar-refractivity contribution is 0.103. The van der Waals surface area contributed by atoms with E-state index in [9.17, 15) is 19.2 Å². The molecular formula is C18H13Cl2N5O4. The average molecular weight is 434 g/mol. The van der Waals surface area contributed by atoms with Crippen LogP contribution in [-0.2, 0) is 7.05 Å². The first-order chi connectivity index (χ1) is 13.8. The van der Waals surface area contributed by atoms with Crippen molar-refractivity contribution in [2.75, 3.05) is 0 Å². The van der Waals surface area contributed by atoms with E-state index in [1.807, 2.05) is 0 Å². The van der Waals surface area contributed by atoms with Crippen LogP contribution in [-0.4, -0.2) is 30.7 Å². The topological polar surface area (TPSA) is 131 Å². The molecule has 9 nitrogen and oxygen atoms in total. The molecule has 3 aromatic rings. The van der Waals surface area contributed by atoms with Gasteiger partial charge in [-0.2, -0.15) is 10.2 Å². The summed E-state index contributed by atoms with van der Waals surface area (Å²) < 4.78 is 0.960. The molecule has 29 heavy (non-hydrogen) atoms. The SMILES string of the molecule is Cn1nc(-c2cc(Cl)c(C(=O)c3cc(C4CC4)c(=O)[nH]n3)c(Cl)c2)c(=O)[nH]c1=O. The lowest BCUT2D eigenvalue weighted by Crippen LogP contribution is -2.31. The maximum Gasteiger partial charge on any atom is 0.344 e. The first kappa shape index (κ1) is 19.3. The van der Waals surface area contributed by atoms with Crippen molar-refractivity contribution in [3.05, 3.63) is 76.3 Å². The van der Waals surface area contributed by atoms with Gasteiger partial charge in [0, 0.05) is 18.2 Å². The smallest absolute Gasteiger partial charge is 0.287 e. The lowest BCUT2D eigenvalue weighted by atomic mass is 10.0. The van der Waals surface area contributed by atoms with Crippen molar-refractivity contribution < 1.29 is 4.79 Å². The van der Waals surface area contributed by atoms with Crippen LogP contribution in [0.4, 0.5) is 0 Å². The highest BCUT2D eigenvalue weighted by Gasteiger charge is 2.28. The van der Waals surface area contributed by atoms with Crippen LogP contribution in [0.3, 0.4) is 0 Å². The summed E-state index contributed by atoms with van der Waals surface area (Å²) in [4.78, 5) is 50.5. The molecule has 4 rings (SSSR count). The van der Waals surface area contributed by atoms with Crippen LogP contribution in [0.25, 0.3) is 11.3 Å². The number of carbonyl (C=O) groups is 1. The Balaban J connectivity index is 1.79. The zero-order chi connectivity index (χ0) is 20.9. The highest BCUT2D eigenvalue weighted by atomic mass is 35.5. The molecular weight excluding hydrogens is 421 g/mol. The number of halogens is 2. The van der Waals surface area contributed by atoms with Gasteiger partial charge in [-0.25, -0.2) is 14.6 Å². The summed E-state index contributed by atoms with van der Waals surface area (Å²) in [6, 6.07) is 4.17. The third-order valence-corrected chi connectivity index (χ3v) is 5.20. The zero-order valence-electron chi connectivity index (χ0n) is 15.0. The molecule has 0 atom stereocenters. The molecule has 1 aliphatic rings. The molecule has 1 aromatic carbocycles. The number of aryl methyl sites for hydroxylation is 1. The van der Waals surface area contributed by atoms with Gasteiger partial charge in [0.1, 0.15) is 5.69 Å². The molecule has 0 aliphatic heterocycles. The van der Waals surface area contributed by atoms with Gasteiger partial charge in [0.2, 0.25) is 5.78 Å². The second kappa shape index (κ2) is 7.09. The van der Waals surface area contributed by atoms with E-state index < -0.39 is 17.0 Å². The number of nitrogens with zero attached hydrogens (tertiary/aromatic N) is 3. The Labute approximate surface area is 172 Å². The van der Waals surface area contributed by atoms with Gasteiger partial charge < -0.3 is 0 Å². The van der Waals surface area contributed by atoms with Gasteiger partial charge >= 0.3 is 5.69 Å². The van der Waals surface area contributed by atoms with Crippen molar-refractivity contribution in [1.29, 1.82) is 0 Å². The summed E-state index contributed by atoms with van der Waals surface area (Å²) in [5.74, 6) is -0.434. The van der Waals surface area contributed by atoms with Gasteiger partial charge in [0.25, 0.3) is 11.1 Å². The Bertz CT molecular complexity index is 1310. The van der Waals surface area contributed by atoms with E-state index >= 15 is 0 Å². The van der Waals surface area contributed by atoms with Crippen LogP contribution in [0, 0.1) is 0 Å². The second-order valence-electron chi connectivity index (χ2n) is 6.69. The number of aromatic amines is 2. The minimum atomic E-state index is -0.712. The van der Waals surface area contributed by atoms with E-state index in [1.165, 1.54) is 25.2 Å². The number of hydrogen-bond acceptors (Lipinski definition) is 6. The third-order valence-electron chi connectivity index (χ3n) is 4.60. The standard InChI is InChI=1S/C18H13Cl2N5O4/c1-25-18(29)21-17(28)14(24-25)8-4-10(19)13(11(20)5-8)15(26)12-6-9(7-2-3-7)16(27)23-22-12/h4-7H,2-3H2,1H3,(H,23,27)(H,21,28,29). The van der Waals surface area contributed by atoms with E-state index in [0.29, 0.717) is 5.56 Å². The average Bonchev–Trinajstić information content (AvgIpc) is 3.49. The molecule has 2 heterocycles. The number of ketones is 1. The molecule has 0 unspecified atom stereocenters. The number of hydrogen-bond donors (Lipinski definition) is 2. The van der Waals surface area contributed by atoms with Crippen LogP contribution in [0.2, 0.25) is 10.0 Å². The maximum atomic E-state index is 12.9. The Hall–Kier alpha value is -3.04. The first-order valence-corrected chi connectivity index (χ1v) is 9.33. The molecule has 0 radical (unpaired) electrons. The minimum absolute atomic E-state index is 0.0142. The van der Waals surface area contributed by atoms with Crippen molar-refractivity contribution >= 4 is 29.0 Å². The Kier molecular flexibility index (Phi) is 4.71. The minimum Gasteiger partial charge on any atom is -0.287 e. The van der Waals surface area contributed by atoms with Crippen LogP contribution in [0.5, 0.6) is 0 Å². The molecule has 0 spiro atoms. The van der Waals surface area contributed by atoms with Crippen molar-refractivity contribution in [1.82, 2.24) is 25.0 Å². The number of rotatable bonds is 4. The highest BCUT2D eigenvalue weighted by Crippen LogP contribution is 2.38. The molecule has 2 N–H and O–H groups in total. The molecule has 148 valence electrons. The van der Waals surface area contributed by atoms with Crippen LogP contribution < -0.4 is 16.8 Å². The van der Waals surface area contributed by atoms with Crippen LogP contribution >= 0.6 is 23.2 Å². The molecule has 0 amide bonds. The summed E-state index contributed by atoms with van der Waals surface area (Å²) in [6.45, 7) is 0. The van der Waals surface area contributed by atoms with E-state index in [0.717, 1.165) is 17.5 Å². The lowest BCUT2D eigenvalue weighted by Gasteiger charge is -2.09. The fourth-order valence-electron chi connectivity index (χ4n) is 2.96. The molecule has 1 fully saturated rings. The van der Waals surface area contributed by atoms with Gasteiger partial charge in [0.15, 0.2) is 5.69 Å². The summed E-state index contributed by atoms with van der Waals surface area (Å²) in [5, 5.41) is 10.0. The Morgan fingerprint density at radius 1 is 1.10 bits per heavy atom. The third kappa shape index (κ3) is 3.54. The van der Waals surface area contributed by atoms with Crippen LogP contribution in [0.15, 0.2) is 32.6 Å². The predicted molar refractivity (Wildman–Crippen MR) is 106 cm³/mol. The van der Waals surface area contributed by atoms with Crippen molar-refractivity contribution in [3.8, 4) is 11.3 Å². The number of H-pyrrole nitrogens is 2. The van der Waals surface area contributed by atoms with Gasteiger partial charge in [0.05, 0.1) is 15.6 Å². The summed E-state index contributed by atoms with van der Waals surface area (Å²) >= 11 is 12.6. The van der Waals surface area contributed by atoms with Gasteiger partial charge in [-0.15, -0.1) is 0 Å². The van der Waals surface area contributed by atoms with Crippen molar-refractivity contribution in [2.45, 2.75) is 18.8 Å². The largest absolute Gasteiger partial charge is 0.344 e. The maximum absolute atomic E-state index is 12.9. The van der Waals surface area contributed by atoms with E-state index in [1.54, 1.807) is 0 Å². The van der Waals surface area contributed by atoms with Crippen LogP contribution in [0.1, 0.15) is 40.4 Å². The number of benzene rings is 1. The Morgan fingerprint density at radius 2 is 1.76 bits per heavy atom. The normalized spacial score (nSPS) is 13.5. The molecule has 0 saturated heterocycles. The van der Waals surface area contributed by atoms with Gasteiger partial charge in [-0.1, -0.05) is 23.2 Å². The van der Waals surface area contributed by atoms with Crippen molar-refractivity contribution in [2.24, 2.45) is 7.05 Å². The summed E-state index contributed by atoms with van der Waals surface area (Å²) in [7, 11) is 1.38. The van der Waals surface area contributed by atoms with Crippen molar-refractivity contribution in [3.63, 3.8) is 0 Å². The van der Waals surface area contributed by atoms with E-state index in [-0.39, 0.29) is 44.0 Å². The first-order valence-electron chi connectivity index (χ1n) is 8.57. The highest BCUT2D eigenvalue weighted by molar-refractivity contribution is 6.41. The Morgan fingerprint density at radius 3 is 2.38 bits per heavy atom. The molecule has 2 aromatic heterocycles. The monoisotopic (exact) mass is 433 g/mol.